The van der Waals surface area contributed by atoms with Crippen molar-refractivity contribution in [1.82, 2.24) is 0 Å². The molecule has 0 aromatic carbocycles. The normalized spacial score (nSPS) is 27.1. The highest BCUT2D eigenvalue weighted by Crippen LogP contribution is 2.19. The lowest BCUT2D eigenvalue weighted by molar-refractivity contribution is 0.0450. The third-order valence-electron chi connectivity index (χ3n) is 1.27. The topological polar surface area (TPSA) is 29.5 Å². The molecule has 1 heterocycles. The van der Waals surface area contributed by atoms with Gasteiger partial charge in [-0.2, -0.15) is 0 Å². The second-order valence-electron chi connectivity index (χ2n) is 2.18. The van der Waals surface area contributed by atoms with Crippen molar-refractivity contribution in [3.8, 4) is 0 Å². The highest BCUT2D eigenvalue weighted by atomic mass is 35.5. The zero-order chi connectivity index (χ0) is 7.56. The van der Waals surface area contributed by atoms with E-state index in [1.165, 1.54) is 6.26 Å². The molecule has 0 bridgehead atoms. The summed E-state index contributed by atoms with van der Waals surface area (Å²) < 4.78 is 5.02. The molecule has 0 aromatic heterocycles. The first-order valence-corrected chi connectivity index (χ1v) is 3.45. The van der Waals surface area contributed by atoms with E-state index in [4.69, 9.17) is 21.4 Å². The molecule has 0 saturated heterocycles. The Labute approximate surface area is 64.8 Å². The van der Waals surface area contributed by atoms with Crippen molar-refractivity contribution in [2.24, 2.45) is 0 Å². The Hall–Kier alpha value is -0.470. The second kappa shape index (κ2) is 3.08. The Balaban J connectivity index is 2.64. The summed E-state index contributed by atoms with van der Waals surface area (Å²) in [6.45, 7) is 1.64. The van der Waals surface area contributed by atoms with Gasteiger partial charge in [0.05, 0.1) is 17.4 Å². The van der Waals surface area contributed by atoms with Crippen LogP contribution in [0.3, 0.4) is 0 Å². The van der Waals surface area contributed by atoms with Gasteiger partial charge in [0.1, 0.15) is 0 Å². The van der Waals surface area contributed by atoms with Gasteiger partial charge in [0.15, 0.2) is 6.10 Å². The van der Waals surface area contributed by atoms with Crippen LogP contribution in [0.25, 0.3) is 0 Å². The smallest absolute Gasteiger partial charge is 0.159 e. The maximum absolute atomic E-state index is 9.06. The number of hydrogen-bond donors (Lipinski definition) is 1. The first-order chi connectivity index (χ1) is 4.72. The Bertz CT molecular complexity index is 172. The molecule has 0 fully saturated rings. The first kappa shape index (κ1) is 7.63. The van der Waals surface area contributed by atoms with Crippen molar-refractivity contribution in [2.75, 3.05) is 0 Å². The molecule has 10 heavy (non-hydrogen) atoms. The average molecular weight is 161 g/mol. The number of rotatable bonds is 1. The summed E-state index contributed by atoms with van der Waals surface area (Å²) in [4.78, 5) is 0. The molecule has 0 aliphatic carbocycles. The summed E-state index contributed by atoms with van der Waals surface area (Å²) in [6, 6.07) is 0. The van der Waals surface area contributed by atoms with Crippen LogP contribution in [0.4, 0.5) is 0 Å². The summed E-state index contributed by atoms with van der Waals surface area (Å²) in [5.41, 5.74) is 0. The van der Waals surface area contributed by atoms with E-state index in [9.17, 15) is 0 Å². The molecule has 1 rings (SSSR count). The van der Waals surface area contributed by atoms with E-state index in [0.717, 1.165) is 0 Å². The Morgan fingerprint density at radius 2 is 2.50 bits per heavy atom. The van der Waals surface area contributed by atoms with E-state index >= 15 is 0 Å². The molecular formula is C7H9ClO2. The summed E-state index contributed by atoms with van der Waals surface area (Å²) in [6.07, 6.45) is 3.98. The molecule has 56 valence electrons. The van der Waals surface area contributed by atoms with Crippen LogP contribution in [0.15, 0.2) is 23.4 Å². The summed E-state index contributed by atoms with van der Waals surface area (Å²) in [5.74, 6) is 0. The predicted molar refractivity (Wildman–Crippen MR) is 39.6 cm³/mol. The van der Waals surface area contributed by atoms with Gasteiger partial charge < -0.3 is 9.84 Å². The fourth-order valence-corrected chi connectivity index (χ4v) is 1.07. The minimum atomic E-state index is -0.561. The van der Waals surface area contributed by atoms with Crippen molar-refractivity contribution in [1.29, 1.82) is 0 Å². The fraction of sp³-hybridized carbons (Fsp3) is 0.429. The zero-order valence-electron chi connectivity index (χ0n) is 5.62. The SMILES string of the molecule is C[C@@H](O)C1OC=CC=C1Cl. The van der Waals surface area contributed by atoms with Crippen LogP contribution < -0.4 is 0 Å². The fourth-order valence-electron chi connectivity index (χ4n) is 0.765. The molecule has 3 heteroatoms. The van der Waals surface area contributed by atoms with Gasteiger partial charge in [0.25, 0.3) is 0 Å². The van der Waals surface area contributed by atoms with Crippen LogP contribution in [0, 0.1) is 0 Å². The third-order valence-corrected chi connectivity index (χ3v) is 1.61. The van der Waals surface area contributed by atoms with Gasteiger partial charge in [-0.1, -0.05) is 11.6 Å². The molecule has 2 nitrogen and oxygen atoms in total. The van der Waals surface area contributed by atoms with E-state index in [-0.39, 0.29) is 6.10 Å². The summed E-state index contributed by atoms with van der Waals surface area (Å²) in [7, 11) is 0. The zero-order valence-corrected chi connectivity index (χ0v) is 6.38. The van der Waals surface area contributed by atoms with E-state index < -0.39 is 6.10 Å². The van der Waals surface area contributed by atoms with Gasteiger partial charge in [-0.15, -0.1) is 0 Å². The number of aliphatic hydroxyl groups is 1. The number of allylic oxidation sites excluding steroid dienone is 2. The van der Waals surface area contributed by atoms with Gasteiger partial charge in [-0.25, -0.2) is 0 Å². The average Bonchev–Trinajstić information content (AvgIpc) is 1.88. The molecule has 1 aliphatic heterocycles. The number of ether oxygens (including phenoxy) is 1. The van der Waals surface area contributed by atoms with Gasteiger partial charge in [-0.3, -0.25) is 0 Å². The summed E-state index contributed by atoms with van der Waals surface area (Å²) in [5, 5.41) is 9.60. The number of hydrogen-bond acceptors (Lipinski definition) is 2. The van der Waals surface area contributed by atoms with Gasteiger partial charge in [0.2, 0.25) is 0 Å². The molecule has 1 unspecified atom stereocenters. The highest BCUT2D eigenvalue weighted by molar-refractivity contribution is 6.30. The van der Waals surface area contributed by atoms with Crippen molar-refractivity contribution < 1.29 is 9.84 Å². The quantitative estimate of drug-likeness (QED) is 0.629. The molecule has 1 aliphatic rings. The Kier molecular flexibility index (Phi) is 2.35. The van der Waals surface area contributed by atoms with Crippen molar-refractivity contribution in [3.63, 3.8) is 0 Å². The highest BCUT2D eigenvalue weighted by Gasteiger charge is 2.19. The van der Waals surface area contributed by atoms with Crippen LogP contribution in [-0.4, -0.2) is 17.3 Å². The lowest BCUT2D eigenvalue weighted by Crippen LogP contribution is -2.25. The minimum absolute atomic E-state index is 0.383. The molecule has 1 N–H and O–H groups in total. The molecule has 0 amide bonds. The van der Waals surface area contributed by atoms with E-state index in [1.807, 2.05) is 0 Å². The lowest BCUT2D eigenvalue weighted by Gasteiger charge is -2.20. The Morgan fingerprint density at radius 3 is 2.90 bits per heavy atom. The molecule has 2 atom stereocenters. The Morgan fingerprint density at radius 1 is 1.80 bits per heavy atom. The van der Waals surface area contributed by atoms with Crippen molar-refractivity contribution in [2.45, 2.75) is 19.1 Å². The van der Waals surface area contributed by atoms with E-state index in [1.54, 1.807) is 19.1 Å². The second-order valence-corrected chi connectivity index (χ2v) is 2.61. The van der Waals surface area contributed by atoms with E-state index in [0.29, 0.717) is 5.03 Å². The largest absolute Gasteiger partial charge is 0.490 e. The summed E-state index contributed by atoms with van der Waals surface area (Å²) >= 11 is 5.70. The van der Waals surface area contributed by atoms with Gasteiger partial charge in [0, 0.05) is 0 Å². The predicted octanol–water partition coefficient (Wildman–Crippen LogP) is 1.40. The molecular weight excluding hydrogens is 152 g/mol. The monoisotopic (exact) mass is 160 g/mol. The molecule has 0 aromatic rings. The van der Waals surface area contributed by atoms with Crippen molar-refractivity contribution >= 4 is 11.6 Å². The maximum Gasteiger partial charge on any atom is 0.159 e. The van der Waals surface area contributed by atoms with E-state index in [2.05, 4.69) is 0 Å². The van der Waals surface area contributed by atoms with Crippen LogP contribution >= 0.6 is 11.6 Å². The molecule has 0 radical (unpaired) electrons. The van der Waals surface area contributed by atoms with Crippen molar-refractivity contribution in [3.05, 3.63) is 23.4 Å². The maximum atomic E-state index is 9.06. The molecule has 0 spiro atoms. The minimum Gasteiger partial charge on any atom is -0.490 e. The third kappa shape index (κ3) is 1.52. The standard InChI is InChI=1S/C7H9ClO2/c1-5(9)7-6(8)3-2-4-10-7/h2-5,7,9H,1H3/t5-,7?/m1/s1. The van der Waals surface area contributed by atoms with Gasteiger partial charge >= 0.3 is 0 Å². The van der Waals surface area contributed by atoms with Crippen LogP contribution in [-0.2, 0) is 4.74 Å². The van der Waals surface area contributed by atoms with Crippen LogP contribution in [0.2, 0.25) is 0 Å². The van der Waals surface area contributed by atoms with Crippen LogP contribution in [0.5, 0.6) is 0 Å². The number of halogens is 1. The molecule has 0 saturated carbocycles. The van der Waals surface area contributed by atoms with Gasteiger partial charge in [-0.05, 0) is 19.1 Å². The first-order valence-electron chi connectivity index (χ1n) is 3.07. The lowest BCUT2D eigenvalue weighted by atomic mass is 10.2. The number of aliphatic hydroxyl groups excluding tert-OH is 1. The van der Waals surface area contributed by atoms with Crippen LogP contribution in [0.1, 0.15) is 6.92 Å².